The Bertz CT molecular complexity index is 343. The monoisotopic (exact) mass is 412 g/mol. The molecule has 0 aliphatic carbocycles. The van der Waals surface area contributed by atoms with Crippen LogP contribution in [0, 0.1) is 5.92 Å². The van der Waals surface area contributed by atoms with Gasteiger partial charge in [-0.3, -0.25) is 14.4 Å². The second-order valence-corrected chi connectivity index (χ2v) is 6.42. The molecule has 0 saturated carbocycles. The van der Waals surface area contributed by atoms with Crippen molar-refractivity contribution in [2.24, 2.45) is 17.4 Å². The SMILES string of the molecule is CCC(=O)[C@H](CC)CS.CCC(=O)[C@H](N)CS.CCC(=O)[C@H](N)CS. The van der Waals surface area contributed by atoms with Gasteiger partial charge in [0.2, 0.25) is 0 Å². The van der Waals surface area contributed by atoms with E-state index >= 15 is 0 Å². The predicted molar refractivity (Wildman–Crippen MR) is 117 cm³/mol. The van der Waals surface area contributed by atoms with Gasteiger partial charge in [0.25, 0.3) is 0 Å². The maximum absolute atomic E-state index is 10.9. The molecule has 0 spiro atoms. The van der Waals surface area contributed by atoms with E-state index in [4.69, 9.17) is 11.5 Å². The topological polar surface area (TPSA) is 103 Å². The largest absolute Gasteiger partial charge is 0.321 e. The van der Waals surface area contributed by atoms with Gasteiger partial charge in [0.15, 0.2) is 0 Å². The lowest BCUT2D eigenvalue weighted by molar-refractivity contribution is -0.122. The van der Waals surface area contributed by atoms with Crippen molar-refractivity contribution in [3.8, 4) is 0 Å². The fourth-order valence-corrected chi connectivity index (χ4v) is 2.34. The lowest BCUT2D eigenvalue weighted by atomic mass is 10.0. The molecule has 0 unspecified atom stereocenters. The first-order valence-corrected chi connectivity index (χ1v) is 10.5. The van der Waals surface area contributed by atoms with E-state index in [-0.39, 0.29) is 29.6 Å². The van der Waals surface area contributed by atoms with Crippen LogP contribution in [-0.4, -0.2) is 46.7 Å². The molecule has 0 saturated heterocycles. The lowest BCUT2D eigenvalue weighted by Gasteiger charge is -2.06. The number of Topliss-reactive ketones (excluding diaryl/α,β-unsaturated/α-hetero) is 3. The molecule has 0 fully saturated rings. The molecule has 150 valence electrons. The van der Waals surface area contributed by atoms with Crippen molar-refractivity contribution in [2.45, 2.75) is 65.5 Å². The van der Waals surface area contributed by atoms with Crippen LogP contribution in [0.3, 0.4) is 0 Å². The van der Waals surface area contributed by atoms with E-state index in [0.29, 0.717) is 42.3 Å². The zero-order valence-corrected chi connectivity index (χ0v) is 18.6. The van der Waals surface area contributed by atoms with Crippen LogP contribution in [0.1, 0.15) is 53.4 Å². The molecular weight excluding hydrogens is 376 g/mol. The van der Waals surface area contributed by atoms with Gasteiger partial charge < -0.3 is 11.5 Å². The van der Waals surface area contributed by atoms with Crippen molar-refractivity contribution in [2.75, 3.05) is 17.3 Å². The quantitative estimate of drug-likeness (QED) is 0.354. The van der Waals surface area contributed by atoms with Crippen LogP contribution < -0.4 is 11.5 Å². The van der Waals surface area contributed by atoms with Gasteiger partial charge in [-0.05, 0) is 12.2 Å². The van der Waals surface area contributed by atoms with E-state index in [1.54, 1.807) is 13.8 Å². The van der Waals surface area contributed by atoms with Crippen LogP contribution >= 0.6 is 37.9 Å². The smallest absolute Gasteiger partial charge is 0.150 e. The molecule has 0 aliphatic rings. The summed E-state index contributed by atoms with van der Waals surface area (Å²) in [5.74, 6) is 2.30. The van der Waals surface area contributed by atoms with Gasteiger partial charge in [-0.1, -0.05) is 27.7 Å². The molecule has 4 N–H and O–H groups in total. The molecule has 0 aromatic rings. The van der Waals surface area contributed by atoms with Crippen molar-refractivity contribution in [1.29, 1.82) is 0 Å². The number of ketones is 3. The molecule has 0 bridgehead atoms. The highest BCUT2D eigenvalue weighted by Gasteiger charge is 2.11. The second kappa shape index (κ2) is 20.3. The normalized spacial score (nSPS) is 13.3. The maximum Gasteiger partial charge on any atom is 0.150 e. The van der Waals surface area contributed by atoms with Crippen molar-refractivity contribution >= 4 is 55.2 Å². The summed E-state index contributed by atoms with van der Waals surface area (Å²) in [6.45, 7) is 7.51. The highest BCUT2D eigenvalue weighted by molar-refractivity contribution is 7.80. The summed E-state index contributed by atoms with van der Waals surface area (Å²) in [6.07, 6.45) is 2.61. The minimum Gasteiger partial charge on any atom is -0.321 e. The molecule has 5 nitrogen and oxygen atoms in total. The van der Waals surface area contributed by atoms with Crippen LogP contribution in [0.2, 0.25) is 0 Å². The van der Waals surface area contributed by atoms with Gasteiger partial charge in [0.1, 0.15) is 17.3 Å². The first-order chi connectivity index (χ1) is 11.7. The Balaban J connectivity index is -0.000000291. The van der Waals surface area contributed by atoms with Crippen LogP contribution in [0.25, 0.3) is 0 Å². The van der Waals surface area contributed by atoms with Gasteiger partial charge in [-0.25, -0.2) is 0 Å². The van der Waals surface area contributed by atoms with Gasteiger partial charge >= 0.3 is 0 Å². The van der Waals surface area contributed by atoms with Crippen molar-refractivity contribution in [3.05, 3.63) is 0 Å². The molecule has 0 radical (unpaired) electrons. The predicted octanol–water partition coefficient (Wildman–Crippen LogP) is 2.37. The Morgan fingerprint density at radius 2 is 1.00 bits per heavy atom. The fraction of sp³-hybridized carbons (Fsp3) is 0.824. The number of nitrogens with two attached hydrogens (primary N) is 2. The summed E-state index contributed by atoms with van der Waals surface area (Å²) < 4.78 is 0. The summed E-state index contributed by atoms with van der Waals surface area (Å²) in [4.78, 5) is 32.1. The summed E-state index contributed by atoms with van der Waals surface area (Å²) in [6, 6.07) is -0.716. The molecule has 0 aliphatic heterocycles. The van der Waals surface area contributed by atoms with E-state index in [0.717, 1.165) is 6.42 Å². The van der Waals surface area contributed by atoms with Gasteiger partial charge in [0.05, 0.1) is 12.1 Å². The van der Waals surface area contributed by atoms with Crippen LogP contribution in [0.4, 0.5) is 0 Å². The molecule has 25 heavy (non-hydrogen) atoms. The van der Waals surface area contributed by atoms with Gasteiger partial charge in [-0.15, -0.1) is 0 Å². The Morgan fingerprint density at radius 1 is 0.680 bits per heavy atom. The lowest BCUT2D eigenvalue weighted by Crippen LogP contribution is -2.31. The third-order valence-electron chi connectivity index (χ3n) is 3.43. The molecule has 0 rings (SSSR count). The highest BCUT2D eigenvalue weighted by atomic mass is 32.1. The van der Waals surface area contributed by atoms with E-state index in [9.17, 15) is 14.4 Å². The Morgan fingerprint density at radius 3 is 1.08 bits per heavy atom. The van der Waals surface area contributed by atoms with E-state index < -0.39 is 0 Å². The van der Waals surface area contributed by atoms with Crippen LogP contribution in [-0.2, 0) is 14.4 Å². The molecule has 0 heterocycles. The summed E-state index contributed by atoms with van der Waals surface area (Å²) in [5.41, 5.74) is 10.6. The molecule has 0 aromatic heterocycles. The summed E-state index contributed by atoms with van der Waals surface area (Å²) in [5, 5.41) is 0. The van der Waals surface area contributed by atoms with E-state index in [2.05, 4.69) is 37.9 Å². The zero-order valence-electron chi connectivity index (χ0n) is 15.9. The fourth-order valence-electron chi connectivity index (χ4n) is 1.48. The molecule has 0 amide bonds. The number of carbonyl (C=O) groups is 3. The number of thiol groups is 3. The maximum atomic E-state index is 10.9. The van der Waals surface area contributed by atoms with Crippen LogP contribution in [0.15, 0.2) is 0 Å². The number of rotatable bonds is 10. The average molecular weight is 413 g/mol. The Labute approximate surface area is 169 Å². The summed E-state index contributed by atoms with van der Waals surface area (Å²) in [7, 11) is 0. The third kappa shape index (κ3) is 17.2. The first kappa shape index (κ1) is 29.7. The van der Waals surface area contributed by atoms with Crippen molar-refractivity contribution in [1.82, 2.24) is 0 Å². The Kier molecular flexibility index (Phi) is 24.1. The number of hydrogen-bond acceptors (Lipinski definition) is 8. The van der Waals surface area contributed by atoms with Crippen molar-refractivity contribution < 1.29 is 14.4 Å². The second-order valence-electron chi connectivity index (χ2n) is 5.33. The average Bonchev–Trinajstić information content (AvgIpc) is 2.66. The van der Waals surface area contributed by atoms with Gasteiger partial charge in [-0.2, -0.15) is 37.9 Å². The highest BCUT2D eigenvalue weighted by Crippen LogP contribution is 2.07. The third-order valence-corrected chi connectivity index (χ3v) is 4.66. The zero-order chi connectivity index (χ0) is 20.4. The van der Waals surface area contributed by atoms with E-state index in [1.165, 1.54) is 0 Å². The number of hydrogen-bond donors (Lipinski definition) is 5. The number of carbonyl (C=O) groups excluding carboxylic acids is 3. The standard InChI is InChI=1S/C7H14OS.2C5H11NOS/c1-3-6(5-9)7(8)4-2;2*1-2-5(7)4(6)3-8/h6,9H,3-5H2,1-2H3;2*4,8H,2-3,6H2,1H3/t6-;2*4-/m111/s1. The van der Waals surface area contributed by atoms with Crippen molar-refractivity contribution in [3.63, 3.8) is 0 Å². The van der Waals surface area contributed by atoms with Crippen LogP contribution in [0.5, 0.6) is 0 Å². The first-order valence-electron chi connectivity index (χ1n) is 8.62. The molecule has 3 atom stereocenters. The Hall–Kier alpha value is -0.0200. The minimum atomic E-state index is -0.358. The van der Waals surface area contributed by atoms with Gasteiger partial charge in [0, 0.05) is 36.7 Å². The summed E-state index contributed by atoms with van der Waals surface area (Å²) >= 11 is 11.8. The minimum absolute atomic E-state index is 0.0833. The van der Waals surface area contributed by atoms with E-state index in [1.807, 2.05) is 13.8 Å². The molecule has 8 heteroatoms. The molecular formula is C17H36N2O3S3. The molecule has 0 aromatic carbocycles.